The van der Waals surface area contributed by atoms with Gasteiger partial charge in [-0.15, -0.1) is 0 Å². The van der Waals surface area contributed by atoms with Crippen LogP contribution in [0.2, 0.25) is 12.1 Å². The van der Waals surface area contributed by atoms with Crippen LogP contribution in [0.4, 0.5) is 22.7 Å². The molecule has 0 N–H and O–H groups in total. The third-order valence-corrected chi connectivity index (χ3v) is 17.3. The van der Waals surface area contributed by atoms with Gasteiger partial charge in [-0.2, -0.15) is 0 Å². The zero-order valence-electron chi connectivity index (χ0n) is 35.0. The van der Waals surface area contributed by atoms with E-state index in [0.29, 0.717) is 0 Å². The third-order valence-electron chi connectivity index (χ3n) is 12.0. The average Bonchev–Trinajstić information content (AvgIpc) is 3.49. The monoisotopic (exact) mass is 772 g/mol. The standard InChI is InChI=1S/C50H60N6Si/c1-49(2,3)39-13-15-45-46-16-14-40(50(4,5)6)38-48(46)57(47(45)37-39,35-11-7-9-33-55(41-17-25-51-26-18-41)42-19-27-52-28-20-42)36-12-8-10-34-56(43-21-29-53-30-22-43)44-23-31-54-32-24-44/h13-32,37-38H,7-12,33-36H2,1-6H3. The van der Waals surface area contributed by atoms with E-state index < -0.39 is 8.07 Å². The number of rotatable bonds is 16. The van der Waals surface area contributed by atoms with Crippen LogP contribution in [0.5, 0.6) is 0 Å². The molecule has 294 valence electrons. The normalized spacial score (nSPS) is 13.2. The highest BCUT2D eigenvalue weighted by atomic mass is 28.3. The topological polar surface area (TPSA) is 58.0 Å². The Morgan fingerprint density at radius 2 is 0.719 bits per heavy atom. The smallest absolute Gasteiger partial charge is 0.119 e. The van der Waals surface area contributed by atoms with Crippen LogP contribution >= 0.6 is 0 Å². The van der Waals surface area contributed by atoms with Crippen molar-refractivity contribution in [1.29, 1.82) is 0 Å². The Morgan fingerprint density at radius 1 is 0.404 bits per heavy atom. The van der Waals surface area contributed by atoms with Crippen LogP contribution in [0.1, 0.15) is 91.2 Å². The van der Waals surface area contributed by atoms with Crippen LogP contribution < -0.4 is 20.2 Å². The van der Waals surface area contributed by atoms with Crippen LogP contribution in [-0.2, 0) is 10.8 Å². The zero-order valence-corrected chi connectivity index (χ0v) is 36.0. The van der Waals surface area contributed by atoms with Crippen molar-refractivity contribution in [3.8, 4) is 11.1 Å². The molecule has 0 spiro atoms. The number of aromatic nitrogens is 4. The maximum Gasteiger partial charge on any atom is 0.119 e. The van der Waals surface area contributed by atoms with E-state index in [-0.39, 0.29) is 10.8 Å². The molecule has 7 heteroatoms. The predicted octanol–water partition coefficient (Wildman–Crippen LogP) is 11.4. The summed E-state index contributed by atoms with van der Waals surface area (Å²) in [5.41, 5.74) is 10.8. The van der Waals surface area contributed by atoms with Crippen molar-refractivity contribution in [2.45, 2.75) is 103 Å². The summed E-state index contributed by atoms with van der Waals surface area (Å²) in [5, 5.41) is 3.36. The molecule has 7 rings (SSSR count). The van der Waals surface area contributed by atoms with Gasteiger partial charge in [-0.05, 0) is 117 Å². The molecule has 2 aromatic carbocycles. The van der Waals surface area contributed by atoms with Crippen LogP contribution in [-0.4, -0.2) is 41.1 Å². The van der Waals surface area contributed by atoms with Gasteiger partial charge in [0.2, 0.25) is 0 Å². The van der Waals surface area contributed by atoms with Crippen molar-refractivity contribution in [2.75, 3.05) is 22.9 Å². The Hall–Kier alpha value is -5.14. The SMILES string of the molecule is CC(C)(C)c1ccc2c(c1)[Si](CCCCCN(c1ccncc1)c1ccncc1)(CCCCCN(c1ccncc1)c1ccncc1)c1cc(C(C)(C)C)ccc1-2. The molecule has 0 saturated carbocycles. The van der Waals surface area contributed by atoms with E-state index in [9.17, 15) is 0 Å². The fraction of sp³-hybridized carbons (Fsp3) is 0.360. The summed E-state index contributed by atoms with van der Waals surface area (Å²) >= 11 is 0. The molecule has 57 heavy (non-hydrogen) atoms. The molecule has 0 atom stereocenters. The summed E-state index contributed by atoms with van der Waals surface area (Å²) in [6, 6.07) is 34.5. The minimum absolute atomic E-state index is 0.0905. The van der Waals surface area contributed by atoms with E-state index in [1.807, 2.05) is 49.6 Å². The van der Waals surface area contributed by atoms with Crippen molar-refractivity contribution in [3.05, 3.63) is 146 Å². The maximum absolute atomic E-state index is 4.29. The highest BCUT2D eigenvalue weighted by molar-refractivity contribution is 7.05. The predicted molar refractivity (Wildman–Crippen MR) is 243 cm³/mol. The zero-order chi connectivity index (χ0) is 39.9. The summed E-state index contributed by atoms with van der Waals surface area (Å²) in [7, 11) is -2.16. The van der Waals surface area contributed by atoms with Crippen molar-refractivity contribution < 1.29 is 0 Å². The van der Waals surface area contributed by atoms with Gasteiger partial charge in [0.25, 0.3) is 0 Å². The minimum atomic E-state index is -2.16. The summed E-state index contributed by atoms with van der Waals surface area (Å²) in [6.07, 6.45) is 22.2. The average molecular weight is 773 g/mol. The lowest BCUT2D eigenvalue weighted by atomic mass is 9.85. The third kappa shape index (κ3) is 9.20. The van der Waals surface area contributed by atoms with E-state index in [1.54, 1.807) is 10.4 Å². The van der Waals surface area contributed by atoms with Gasteiger partial charge in [0.05, 0.1) is 0 Å². The number of hydrogen-bond acceptors (Lipinski definition) is 6. The summed E-state index contributed by atoms with van der Waals surface area (Å²) < 4.78 is 0. The van der Waals surface area contributed by atoms with E-state index >= 15 is 0 Å². The molecular formula is C50H60N6Si. The molecule has 0 aliphatic carbocycles. The highest BCUT2D eigenvalue weighted by Crippen LogP contribution is 2.39. The molecule has 0 saturated heterocycles. The van der Waals surface area contributed by atoms with E-state index in [1.165, 1.54) is 82.8 Å². The van der Waals surface area contributed by atoms with Crippen LogP contribution in [0.15, 0.2) is 135 Å². The number of unbranched alkanes of at least 4 members (excludes halogenated alkanes) is 4. The number of hydrogen-bond donors (Lipinski definition) is 0. The number of benzene rings is 2. The van der Waals surface area contributed by atoms with Gasteiger partial charge in [-0.3, -0.25) is 19.9 Å². The first-order valence-corrected chi connectivity index (χ1v) is 23.4. The molecule has 6 aromatic rings. The van der Waals surface area contributed by atoms with Gasteiger partial charge in [0, 0.05) is 85.4 Å². The van der Waals surface area contributed by atoms with Gasteiger partial charge >= 0.3 is 0 Å². The second kappa shape index (κ2) is 17.6. The second-order valence-electron chi connectivity index (χ2n) is 17.8. The van der Waals surface area contributed by atoms with Crippen molar-refractivity contribution >= 4 is 41.2 Å². The Bertz CT molecular complexity index is 1940. The van der Waals surface area contributed by atoms with Gasteiger partial charge in [-0.25, -0.2) is 0 Å². The van der Waals surface area contributed by atoms with Crippen LogP contribution in [0.25, 0.3) is 11.1 Å². The summed E-state index contributed by atoms with van der Waals surface area (Å²) in [5.74, 6) is 0. The largest absolute Gasteiger partial charge is 0.341 e. The lowest BCUT2D eigenvalue weighted by Gasteiger charge is -2.33. The first-order chi connectivity index (χ1) is 27.5. The molecule has 1 aliphatic heterocycles. The van der Waals surface area contributed by atoms with Crippen molar-refractivity contribution in [1.82, 2.24) is 19.9 Å². The summed E-state index contributed by atoms with van der Waals surface area (Å²) in [6.45, 7) is 16.1. The minimum Gasteiger partial charge on any atom is -0.341 e. The van der Waals surface area contributed by atoms with Crippen LogP contribution in [0, 0.1) is 0 Å². The molecule has 0 fully saturated rings. The number of nitrogens with zero attached hydrogens (tertiary/aromatic N) is 6. The number of pyridine rings is 4. The number of anilines is 4. The molecule has 0 bridgehead atoms. The van der Waals surface area contributed by atoms with Gasteiger partial charge in [0.1, 0.15) is 8.07 Å². The van der Waals surface area contributed by atoms with E-state index in [4.69, 9.17) is 0 Å². The van der Waals surface area contributed by atoms with Gasteiger partial charge < -0.3 is 9.80 Å². The Morgan fingerprint density at radius 3 is 1.02 bits per heavy atom. The molecule has 1 aliphatic rings. The second-order valence-corrected chi connectivity index (χ2v) is 22.1. The van der Waals surface area contributed by atoms with Gasteiger partial charge in [0.15, 0.2) is 0 Å². The highest BCUT2D eigenvalue weighted by Gasteiger charge is 2.45. The Balaban J connectivity index is 1.16. The first kappa shape index (κ1) is 40.1. The molecular weight excluding hydrogens is 713 g/mol. The molecule has 4 aromatic heterocycles. The first-order valence-electron chi connectivity index (χ1n) is 21.0. The van der Waals surface area contributed by atoms with Crippen LogP contribution in [0.3, 0.4) is 0 Å². The molecule has 0 amide bonds. The molecule has 0 unspecified atom stereocenters. The fourth-order valence-electron chi connectivity index (χ4n) is 8.75. The quantitative estimate of drug-likeness (QED) is 0.0721. The summed E-state index contributed by atoms with van der Waals surface area (Å²) in [4.78, 5) is 22.0. The Kier molecular flexibility index (Phi) is 12.3. The molecule has 0 radical (unpaired) electrons. The molecule has 6 nitrogen and oxygen atoms in total. The van der Waals surface area contributed by atoms with E-state index in [2.05, 4.69) is 156 Å². The van der Waals surface area contributed by atoms with Gasteiger partial charge in [-0.1, -0.05) is 104 Å². The van der Waals surface area contributed by atoms with Crippen molar-refractivity contribution in [2.24, 2.45) is 0 Å². The molecule has 5 heterocycles. The maximum atomic E-state index is 4.29. The Labute approximate surface area is 342 Å². The fourth-order valence-corrected chi connectivity index (χ4v) is 14.4. The van der Waals surface area contributed by atoms with E-state index in [0.717, 1.165) is 25.9 Å². The van der Waals surface area contributed by atoms with Crippen molar-refractivity contribution in [3.63, 3.8) is 0 Å². The lowest BCUT2D eigenvalue weighted by molar-refractivity contribution is 0.590. The number of fused-ring (bicyclic) bond motifs is 3. The lowest BCUT2D eigenvalue weighted by Crippen LogP contribution is -2.55.